The molecule has 0 amide bonds. The molecule has 5 heteroatoms. The van der Waals surface area contributed by atoms with Crippen LogP contribution in [0.15, 0.2) is 6.33 Å². The van der Waals surface area contributed by atoms with Crippen LogP contribution in [-0.2, 0) is 13.6 Å². The van der Waals surface area contributed by atoms with E-state index in [1.165, 1.54) is 6.42 Å². The second kappa shape index (κ2) is 5.14. The lowest BCUT2D eigenvalue weighted by Gasteiger charge is -2.40. The van der Waals surface area contributed by atoms with E-state index in [9.17, 15) is 0 Å². The molecule has 0 spiro atoms. The second-order valence-corrected chi connectivity index (χ2v) is 5.35. The highest BCUT2D eigenvalue weighted by atomic mass is 15.3. The van der Waals surface area contributed by atoms with E-state index in [2.05, 4.69) is 41.3 Å². The van der Waals surface area contributed by atoms with Gasteiger partial charge < -0.3 is 14.8 Å². The fraction of sp³-hybridized carbons (Fsp3) is 0.833. The Hall–Kier alpha value is -0.940. The maximum Gasteiger partial charge on any atom is 0.146 e. The average Bonchev–Trinajstić information content (AvgIpc) is 2.68. The quantitative estimate of drug-likeness (QED) is 0.838. The lowest BCUT2D eigenvalue weighted by atomic mass is 9.90. The van der Waals surface area contributed by atoms with E-state index >= 15 is 0 Å². The maximum absolute atomic E-state index is 4.10. The molecule has 0 radical (unpaired) electrons. The average molecular weight is 237 g/mol. The Morgan fingerprint density at radius 1 is 1.41 bits per heavy atom. The molecule has 1 fully saturated rings. The smallest absolute Gasteiger partial charge is 0.146 e. The first-order valence-corrected chi connectivity index (χ1v) is 6.34. The lowest BCUT2D eigenvalue weighted by Crippen LogP contribution is -2.50. The number of aromatic nitrogens is 3. The topological polar surface area (TPSA) is 46.0 Å². The largest absolute Gasteiger partial charge is 0.320 e. The molecule has 17 heavy (non-hydrogen) atoms. The van der Waals surface area contributed by atoms with E-state index in [1.54, 1.807) is 6.33 Å². The van der Waals surface area contributed by atoms with Crippen LogP contribution in [0.4, 0.5) is 0 Å². The zero-order chi connectivity index (χ0) is 12.4. The van der Waals surface area contributed by atoms with Crippen molar-refractivity contribution in [3.05, 3.63) is 12.2 Å². The number of likely N-dealkylation sites (tertiary alicyclic amines) is 1. The van der Waals surface area contributed by atoms with Gasteiger partial charge in [-0.3, -0.25) is 0 Å². The van der Waals surface area contributed by atoms with Gasteiger partial charge in [0.25, 0.3) is 0 Å². The number of piperidine rings is 1. The van der Waals surface area contributed by atoms with Gasteiger partial charge in [-0.1, -0.05) is 6.92 Å². The summed E-state index contributed by atoms with van der Waals surface area (Å²) in [6, 6.07) is 1.24. The van der Waals surface area contributed by atoms with Crippen LogP contribution in [0.25, 0.3) is 0 Å². The molecule has 5 nitrogen and oxygen atoms in total. The summed E-state index contributed by atoms with van der Waals surface area (Å²) in [7, 11) is 4.19. The highest BCUT2D eigenvalue weighted by molar-refractivity contribution is 4.89. The van der Waals surface area contributed by atoms with Crippen molar-refractivity contribution in [2.75, 3.05) is 13.6 Å². The zero-order valence-electron chi connectivity index (χ0n) is 11.2. The summed E-state index contributed by atoms with van der Waals surface area (Å²) in [5.41, 5.74) is 0. The van der Waals surface area contributed by atoms with Gasteiger partial charge in [-0.15, -0.1) is 10.2 Å². The minimum atomic E-state index is 0.581. The Bertz CT molecular complexity index is 362. The highest BCUT2D eigenvalue weighted by Gasteiger charge is 2.28. The number of nitrogens with one attached hydrogen (secondary N) is 1. The lowest BCUT2D eigenvalue weighted by molar-refractivity contribution is 0.120. The Kier molecular flexibility index (Phi) is 3.79. The SMILES string of the molecule is CC1CN(C)C(C)CC1NCc1nncn1C. The molecular weight excluding hydrogens is 214 g/mol. The predicted molar refractivity (Wildman–Crippen MR) is 67.5 cm³/mol. The van der Waals surface area contributed by atoms with Gasteiger partial charge in [0.2, 0.25) is 0 Å². The molecule has 2 rings (SSSR count). The van der Waals surface area contributed by atoms with Crippen LogP contribution in [-0.4, -0.2) is 45.3 Å². The number of hydrogen-bond acceptors (Lipinski definition) is 4. The highest BCUT2D eigenvalue weighted by Crippen LogP contribution is 2.20. The van der Waals surface area contributed by atoms with Crippen molar-refractivity contribution >= 4 is 0 Å². The van der Waals surface area contributed by atoms with Crippen molar-refractivity contribution in [3.63, 3.8) is 0 Å². The molecule has 3 atom stereocenters. The fourth-order valence-electron chi connectivity index (χ4n) is 2.52. The van der Waals surface area contributed by atoms with Gasteiger partial charge in [0.15, 0.2) is 0 Å². The summed E-state index contributed by atoms with van der Waals surface area (Å²) in [4.78, 5) is 2.44. The summed E-state index contributed by atoms with van der Waals surface area (Å²) in [5.74, 6) is 1.69. The molecule has 1 N–H and O–H groups in total. The van der Waals surface area contributed by atoms with Crippen LogP contribution in [0, 0.1) is 5.92 Å². The van der Waals surface area contributed by atoms with E-state index in [4.69, 9.17) is 0 Å². The van der Waals surface area contributed by atoms with E-state index in [1.807, 2.05) is 11.6 Å². The third-order valence-corrected chi connectivity index (χ3v) is 3.94. The number of hydrogen-bond donors (Lipinski definition) is 1. The second-order valence-electron chi connectivity index (χ2n) is 5.35. The van der Waals surface area contributed by atoms with Crippen LogP contribution >= 0.6 is 0 Å². The number of rotatable bonds is 3. The van der Waals surface area contributed by atoms with Crippen molar-refractivity contribution in [2.45, 2.75) is 38.9 Å². The molecule has 2 heterocycles. The molecule has 0 saturated carbocycles. The molecule has 3 unspecified atom stereocenters. The van der Waals surface area contributed by atoms with E-state index in [0.29, 0.717) is 18.0 Å². The predicted octanol–water partition coefficient (Wildman–Crippen LogP) is 0.633. The Balaban J connectivity index is 1.89. The van der Waals surface area contributed by atoms with Crippen molar-refractivity contribution in [1.29, 1.82) is 0 Å². The van der Waals surface area contributed by atoms with Gasteiger partial charge in [-0.25, -0.2) is 0 Å². The summed E-state index contributed by atoms with van der Waals surface area (Å²) in [6.07, 6.45) is 2.95. The molecule has 1 aromatic rings. The number of nitrogens with zero attached hydrogens (tertiary/aromatic N) is 4. The van der Waals surface area contributed by atoms with Gasteiger partial charge in [0, 0.05) is 25.7 Å². The first-order chi connectivity index (χ1) is 8.08. The first kappa shape index (κ1) is 12.5. The van der Waals surface area contributed by atoms with Gasteiger partial charge >= 0.3 is 0 Å². The van der Waals surface area contributed by atoms with Crippen LogP contribution in [0.5, 0.6) is 0 Å². The zero-order valence-corrected chi connectivity index (χ0v) is 11.2. The standard InChI is InChI=1S/C12H23N5/c1-9-7-16(3)10(2)5-11(9)13-6-12-15-14-8-17(12)4/h8-11,13H,5-7H2,1-4H3. The third kappa shape index (κ3) is 2.84. The van der Waals surface area contributed by atoms with Crippen molar-refractivity contribution < 1.29 is 0 Å². The Morgan fingerprint density at radius 2 is 2.18 bits per heavy atom. The summed E-state index contributed by atoms with van der Waals surface area (Å²) < 4.78 is 1.97. The molecule has 96 valence electrons. The third-order valence-electron chi connectivity index (χ3n) is 3.94. The van der Waals surface area contributed by atoms with Gasteiger partial charge in [0.1, 0.15) is 12.2 Å². The normalized spacial score (nSPS) is 30.7. The van der Waals surface area contributed by atoms with Crippen molar-refractivity contribution in [1.82, 2.24) is 25.0 Å². The Labute approximate surface area is 103 Å². The molecule has 1 aliphatic heterocycles. The molecule has 1 aliphatic rings. The summed E-state index contributed by atoms with van der Waals surface area (Å²) >= 11 is 0. The molecule has 0 bridgehead atoms. The molecule has 0 aliphatic carbocycles. The van der Waals surface area contributed by atoms with Crippen LogP contribution in [0.2, 0.25) is 0 Å². The van der Waals surface area contributed by atoms with Gasteiger partial charge in [-0.2, -0.15) is 0 Å². The van der Waals surface area contributed by atoms with Crippen LogP contribution in [0.3, 0.4) is 0 Å². The molecular formula is C12H23N5. The van der Waals surface area contributed by atoms with Crippen molar-refractivity contribution in [3.8, 4) is 0 Å². The van der Waals surface area contributed by atoms with Crippen molar-refractivity contribution in [2.24, 2.45) is 13.0 Å². The first-order valence-electron chi connectivity index (χ1n) is 6.34. The molecule has 1 saturated heterocycles. The molecule has 0 aromatic carbocycles. The fourth-order valence-corrected chi connectivity index (χ4v) is 2.52. The minimum Gasteiger partial charge on any atom is -0.320 e. The summed E-state index contributed by atoms with van der Waals surface area (Å²) in [6.45, 7) is 6.58. The van der Waals surface area contributed by atoms with E-state index in [0.717, 1.165) is 18.9 Å². The molecule has 1 aromatic heterocycles. The van der Waals surface area contributed by atoms with Gasteiger partial charge in [-0.05, 0) is 26.3 Å². The Morgan fingerprint density at radius 3 is 2.82 bits per heavy atom. The van der Waals surface area contributed by atoms with Crippen LogP contribution in [0.1, 0.15) is 26.1 Å². The monoisotopic (exact) mass is 237 g/mol. The minimum absolute atomic E-state index is 0.581. The number of aryl methyl sites for hydroxylation is 1. The summed E-state index contributed by atoms with van der Waals surface area (Å²) in [5, 5.41) is 11.6. The van der Waals surface area contributed by atoms with Gasteiger partial charge in [0.05, 0.1) is 6.54 Å². The van der Waals surface area contributed by atoms with E-state index in [-0.39, 0.29) is 0 Å². The van der Waals surface area contributed by atoms with Crippen LogP contribution < -0.4 is 5.32 Å². The van der Waals surface area contributed by atoms with E-state index < -0.39 is 0 Å². The maximum atomic E-state index is 4.10.